The molecule has 1 amide bonds. The third-order valence-electron chi connectivity index (χ3n) is 5.25. The largest absolute Gasteiger partial charge is 0.357 e. The van der Waals surface area contributed by atoms with E-state index in [0.29, 0.717) is 13.0 Å². The summed E-state index contributed by atoms with van der Waals surface area (Å²) >= 11 is 2.01. The summed E-state index contributed by atoms with van der Waals surface area (Å²) in [5.74, 6) is 3.23. The standard InChI is InChI=1S/C21H34N6OS/c1-4-22-20(27-15-16-29-21(2,3)17-27)24-10-8-19(28)26-13-11-25(12-14-26)18-7-5-6-9-23-18/h5-7,9H,4,8,10-17H2,1-3H3,(H,22,24). The molecule has 1 N–H and O–H groups in total. The Morgan fingerprint density at radius 2 is 2.00 bits per heavy atom. The molecule has 2 aliphatic rings. The minimum Gasteiger partial charge on any atom is -0.357 e. The number of carbonyl (C=O) groups is 1. The number of guanidine groups is 1. The first-order valence-electron chi connectivity index (χ1n) is 10.6. The van der Waals surface area contributed by atoms with Gasteiger partial charge in [-0.1, -0.05) is 6.07 Å². The van der Waals surface area contributed by atoms with Gasteiger partial charge in [0, 0.05) is 68.9 Å². The van der Waals surface area contributed by atoms with Crippen LogP contribution < -0.4 is 10.2 Å². The van der Waals surface area contributed by atoms with Crippen molar-refractivity contribution in [3.05, 3.63) is 24.4 Å². The second kappa shape index (κ2) is 10.2. The number of hydrogen-bond acceptors (Lipinski definition) is 5. The van der Waals surface area contributed by atoms with Gasteiger partial charge in [-0.3, -0.25) is 9.79 Å². The molecule has 3 heterocycles. The van der Waals surface area contributed by atoms with Gasteiger partial charge in [0.2, 0.25) is 5.91 Å². The lowest BCUT2D eigenvalue weighted by Crippen LogP contribution is -2.51. The van der Waals surface area contributed by atoms with Crippen LogP contribution in [0.5, 0.6) is 0 Å². The maximum Gasteiger partial charge on any atom is 0.224 e. The van der Waals surface area contributed by atoms with Gasteiger partial charge in [-0.05, 0) is 32.9 Å². The van der Waals surface area contributed by atoms with Crippen molar-refractivity contribution in [2.45, 2.75) is 31.9 Å². The molecule has 1 aromatic heterocycles. The number of rotatable bonds is 5. The highest BCUT2D eigenvalue weighted by molar-refractivity contribution is 8.00. The zero-order valence-corrected chi connectivity index (χ0v) is 18.7. The Labute approximate surface area is 178 Å². The van der Waals surface area contributed by atoms with Crippen molar-refractivity contribution in [2.24, 2.45) is 4.99 Å². The Morgan fingerprint density at radius 1 is 1.21 bits per heavy atom. The fraction of sp³-hybridized carbons (Fsp3) is 0.667. The third kappa shape index (κ3) is 6.26. The molecule has 8 heteroatoms. The van der Waals surface area contributed by atoms with E-state index >= 15 is 0 Å². The van der Waals surface area contributed by atoms with Crippen LogP contribution >= 0.6 is 11.8 Å². The van der Waals surface area contributed by atoms with E-state index in [2.05, 4.69) is 40.9 Å². The topological polar surface area (TPSA) is 64.1 Å². The number of hydrogen-bond donors (Lipinski definition) is 1. The number of anilines is 1. The van der Waals surface area contributed by atoms with Crippen LogP contribution in [0, 0.1) is 0 Å². The molecule has 1 aromatic rings. The Balaban J connectivity index is 1.47. The number of pyridine rings is 1. The molecule has 0 atom stereocenters. The average molecular weight is 419 g/mol. The van der Waals surface area contributed by atoms with E-state index in [4.69, 9.17) is 4.99 Å². The second-order valence-electron chi connectivity index (χ2n) is 8.07. The Morgan fingerprint density at radius 3 is 2.66 bits per heavy atom. The van der Waals surface area contributed by atoms with Crippen LogP contribution in [-0.2, 0) is 4.79 Å². The van der Waals surface area contributed by atoms with Crippen LogP contribution in [0.25, 0.3) is 0 Å². The molecule has 0 radical (unpaired) electrons. The number of carbonyl (C=O) groups excluding carboxylic acids is 1. The predicted octanol–water partition coefficient (Wildman–Crippen LogP) is 1.91. The van der Waals surface area contributed by atoms with Gasteiger partial charge in [-0.25, -0.2) is 4.98 Å². The molecule has 0 bridgehead atoms. The highest BCUT2D eigenvalue weighted by Gasteiger charge is 2.28. The highest BCUT2D eigenvalue weighted by Crippen LogP contribution is 2.29. The lowest BCUT2D eigenvalue weighted by Gasteiger charge is -2.39. The predicted molar refractivity (Wildman–Crippen MR) is 122 cm³/mol. The third-order valence-corrected chi connectivity index (χ3v) is 6.55. The summed E-state index contributed by atoms with van der Waals surface area (Å²) in [5, 5.41) is 3.40. The molecule has 2 aliphatic heterocycles. The van der Waals surface area contributed by atoms with Crippen LogP contribution in [0.15, 0.2) is 29.4 Å². The van der Waals surface area contributed by atoms with E-state index in [9.17, 15) is 4.79 Å². The summed E-state index contributed by atoms with van der Waals surface area (Å²) in [6.45, 7) is 13.2. The van der Waals surface area contributed by atoms with Gasteiger partial charge < -0.3 is 20.0 Å². The Kier molecular flexibility index (Phi) is 7.64. The van der Waals surface area contributed by atoms with Crippen LogP contribution in [-0.4, -0.2) is 89.5 Å². The van der Waals surface area contributed by atoms with Crippen molar-refractivity contribution >= 4 is 29.4 Å². The molecule has 0 aromatic carbocycles. The number of amides is 1. The van der Waals surface area contributed by atoms with Crippen LogP contribution in [0.4, 0.5) is 5.82 Å². The minimum absolute atomic E-state index is 0.194. The lowest BCUT2D eigenvalue weighted by molar-refractivity contribution is -0.131. The molecule has 29 heavy (non-hydrogen) atoms. The van der Waals surface area contributed by atoms with E-state index in [0.717, 1.165) is 63.3 Å². The first kappa shape index (κ1) is 21.7. The van der Waals surface area contributed by atoms with Gasteiger partial charge in [-0.15, -0.1) is 0 Å². The molecule has 0 unspecified atom stereocenters. The number of aliphatic imine (C=N–C) groups is 1. The molecule has 160 valence electrons. The molecule has 0 spiro atoms. The molecular weight excluding hydrogens is 384 g/mol. The van der Waals surface area contributed by atoms with E-state index < -0.39 is 0 Å². The van der Waals surface area contributed by atoms with E-state index in [1.165, 1.54) is 0 Å². The zero-order valence-electron chi connectivity index (χ0n) is 17.9. The second-order valence-corrected chi connectivity index (χ2v) is 9.87. The maximum atomic E-state index is 12.6. The summed E-state index contributed by atoms with van der Waals surface area (Å²) in [4.78, 5) is 28.3. The number of nitrogens with zero attached hydrogens (tertiary/aromatic N) is 5. The van der Waals surface area contributed by atoms with Gasteiger partial charge in [-0.2, -0.15) is 11.8 Å². The first-order valence-corrected chi connectivity index (χ1v) is 11.6. The SMILES string of the molecule is CCNC(=NCCC(=O)N1CCN(c2ccccn2)CC1)N1CCSC(C)(C)C1. The minimum atomic E-state index is 0.194. The molecule has 0 saturated carbocycles. The van der Waals surface area contributed by atoms with E-state index in [1.54, 1.807) is 0 Å². The zero-order chi connectivity index (χ0) is 20.7. The summed E-state index contributed by atoms with van der Waals surface area (Å²) in [6.07, 6.45) is 2.28. The van der Waals surface area contributed by atoms with Gasteiger partial charge in [0.25, 0.3) is 0 Å². The van der Waals surface area contributed by atoms with Crippen molar-refractivity contribution in [3.8, 4) is 0 Å². The molecule has 2 saturated heterocycles. The average Bonchev–Trinajstić information content (AvgIpc) is 2.73. The summed E-state index contributed by atoms with van der Waals surface area (Å²) in [6, 6.07) is 5.95. The Bertz CT molecular complexity index is 688. The number of aromatic nitrogens is 1. The highest BCUT2D eigenvalue weighted by atomic mass is 32.2. The van der Waals surface area contributed by atoms with Crippen molar-refractivity contribution < 1.29 is 4.79 Å². The summed E-state index contributed by atoms with van der Waals surface area (Å²) < 4.78 is 0.234. The summed E-state index contributed by atoms with van der Waals surface area (Å²) in [5.41, 5.74) is 0. The fourth-order valence-corrected chi connectivity index (χ4v) is 4.88. The lowest BCUT2D eigenvalue weighted by atomic mass is 10.2. The molecule has 2 fully saturated rings. The van der Waals surface area contributed by atoms with Crippen molar-refractivity contribution in [2.75, 3.05) is 63.0 Å². The van der Waals surface area contributed by atoms with Gasteiger partial charge in [0.1, 0.15) is 5.82 Å². The fourth-order valence-electron chi connectivity index (χ4n) is 3.76. The maximum absolute atomic E-state index is 12.6. The number of nitrogens with one attached hydrogen (secondary N) is 1. The molecule has 0 aliphatic carbocycles. The first-order chi connectivity index (χ1) is 14.0. The normalized spacial score (nSPS) is 20.0. The molecule has 7 nitrogen and oxygen atoms in total. The number of thioether (sulfide) groups is 1. The van der Waals surface area contributed by atoms with Gasteiger partial charge >= 0.3 is 0 Å². The van der Waals surface area contributed by atoms with Crippen LogP contribution in [0.3, 0.4) is 0 Å². The van der Waals surface area contributed by atoms with Crippen LogP contribution in [0.2, 0.25) is 0 Å². The van der Waals surface area contributed by atoms with E-state index in [1.807, 2.05) is 41.1 Å². The van der Waals surface area contributed by atoms with Gasteiger partial charge in [0.15, 0.2) is 5.96 Å². The van der Waals surface area contributed by atoms with Crippen molar-refractivity contribution in [1.29, 1.82) is 0 Å². The molecule has 3 rings (SSSR count). The quantitative estimate of drug-likeness (QED) is 0.582. The van der Waals surface area contributed by atoms with Crippen LogP contribution in [0.1, 0.15) is 27.2 Å². The summed E-state index contributed by atoms with van der Waals surface area (Å²) in [7, 11) is 0. The van der Waals surface area contributed by atoms with Crippen molar-refractivity contribution in [1.82, 2.24) is 20.1 Å². The van der Waals surface area contributed by atoms with E-state index in [-0.39, 0.29) is 10.7 Å². The smallest absolute Gasteiger partial charge is 0.224 e. The Hall–Kier alpha value is -1.96. The number of piperazine rings is 1. The monoisotopic (exact) mass is 418 g/mol. The van der Waals surface area contributed by atoms with Gasteiger partial charge in [0.05, 0.1) is 6.54 Å². The van der Waals surface area contributed by atoms with Crippen molar-refractivity contribution in [3.63, 3.8) is 0 Å². The molecular formula is C21H34N6OS.